The van der Waals surface area contributed by atoms with Crippen molar-refractivity contribution in [1.29, 1.82) is 0 Å². The normalized spacial score (nSPS) is 15.2. The first-order valence-electron chi connectivity index (χ1n) is 11.2. The minimum absolute atomic E-state index is 0.0714. The van der Waals surface area contributed by atoms with Crippen molar-refractivity contribution in [3.05, 3.63) is 64.2 Å². The molecule has 2 aromatic rings. The molecule has 172 valence electrons. The molecular formula is C26H32F2N2O2. The van der Waals surface area contributed by atoms with Gasteiger partial charge >= 0.3 is 6.09 Å². The molecular weight excluding hydrogens is 410 g/mol. The average Bonchev–Trinajstić information content (AvgIpc) is 3.15. The van der Waals surface area contributed by atoms with Gasteiger partial charge in [0.1, 0.15) is 0 Å². The second kappa shape index (κ2) is 10.2. The Balaban J connectivity index is 1.39. The fraction of sp³-hybridized carbons (Fsp3) is 0.462. The third-order valence-corrected chi connectivity index (χ3v) is 5.82. The minimum Gasteiger partial charge on any atom is -0.450 e. The van der Waals surface area contributed by atoms with Crippen molar-refractivity contribution >= 4 is 18.0 Å². The van der Waals surface area contributed by atoms with Crippen molar-refractivity contribution in [3.8, 4) is 0 Å². The molecule has 1 aliphatic heterocycles. The lowest BCUT2D eigenvalue weighted by molar-refractivity contribution is 0.0174. The zero-order valence-corrected chi connectivity index (χ0v) is 19.3. The molecule has 3 rings (SSSR count). The van der Waals surface area contributed by atoms with E-state index in [1.807, 2.05) is 6.21 Å². The predicted molar refractivity (Wildman–Crippen MR) is 124 cm³/mol. The standard InChI is InChI=1S/C26H32F2N2O2/c1-17(2)21-12-18(3)24-23(14-21)20(16-29-24)9-5-6-11-32-25(31)30-15-19-8-7-10-22(13-19)26(4,27)28/h7-8,10,12-14,16-17,20H,5-6,9,11,15H2,1-4H3,(H,30,31). The number of hydrogen-bond donors (Lipinski definition) is 1. The number of aliphatic imine (C=N–C) groups is 1. The van der Waals surface area contributed by atoms with Crippen molar-refractivity contribution in [2.75, 3.05) is 6.61 Å². The Hall–Kier alpha value is -2.76. The fourth-order valence-corrected chi connectivity index (χ4v) is 3.91. The first-order chi connectivity index (χ1) is 15.1. The highest BCUT2D eigenvalue weighted by Gasteiger charge is 2.24. The molecule has 0 radical (unpaired) electrons. The predicted octanol–water partition coefficient (Wildman–Crippen LogP) is 7.13. The topological polar surface area (TPSA) is 50.7 Å². The van der Waals surface area contributed by atoms with Gasteiger partial charge in [-0.1, -0.05) is 44.2 Å². The van der Waals surface area contributed by atoms with E-state index < -0.39 is 12.0 Å². The van der Waals surface area contributed by atoms with E-state index in [1.54, 1.807) is 12.1 Å². The van der Waals surface area contributed by atoms with Crippen LogP contribution in [0.25, 0.3) is 0 Å². The number of alkyl halides is 2. The lowest BCUT2D eigenvalue weighted by atomic mass is 9.90. The Morgan fingerprint density at radius 3 is 2.72 bits per heavy atom. The van der Waals surface area contributed by atoms with Gasteiger partial charge in [0.25, 0.3) is 5.92 Å². The number of amides is 1. The Kier molecular flexibility index (Phi) is 7.64. The Labute approximate surface area is 189 Å². The summed E-state index contributed by atoms with van der Waals surface area (Å²) in [4.78, 5) is 16.5. The molecule has 0 saturated carbocycles. The molecule has 32 heavy (non-hydrogen) atoms. The van der Waals surface area contributed by atoms with Crippen molar-refractivity contribution in [2.45, 2.75) is 71.3 Å². The molecule has 1 unspecified atom stereocenters. The van der Waals surface area contributed by atoms with Gasteiger partial charge in [0.15, 0.2) is 0 Å². The lowest BCUT2D eigenvalue weighted by Crippen LogP contribution is -2.24. The van der Waals surface area contributed by atoms with Gasteiger partial charge in [-0.05, 0) is 60.4 Å². The number of benzene rings is 2. The molecule has 1 amide bonds. The maximum absolute atomic E-state index is 13.4. The minimum atomic E-state index is -2.91. The number of fused-ring (bicyclic) bond motifs is 1. The molecule has 6 heteroatoms. The van der Waals surface area contributed by atoms with Crippen molar-refractivity contribution in [3.63, 3.8) is 0 Å². The molecule has 0 saturated heterocycles. The van der Waals surface area contributed by atoms with Crippen LogP contribution < -0.4 is 5.32 Å². The number of carbonyl (C=O) groups excluding carboxylic acids is 1. The van der Waals surface area contributed by atoms with Crippen molar-refractivity contribution in [1.82, 2.24) is 5.32 Å². The summed E-state index contributed by atoms with van der Waals surface area (Å²) in [6.07, 6.45) is 4.13. The highest BCUT2D eigenvalue weighted by Crippen LogP contribution is 2.39. The van der Waals surface area contributed by atoms with Crippen molar-refractivity contribution in [2.24, 2.45) is 4.99 Å². The van der Waals surface area contributed by atoms with Crippen LogP contribution in [0.15, 0.2) is 41.4 Å². The molecule has 1 aliphatic rings. The Bertz CT molecular complexity index is 980. The molecule has 0 bridgehead atoms. The highest BCUT2D eigenvalue weighted by molar-refractivity contribution is 5.82. The number of rotatable bonds is 9. The van der Waals surface area contributed by atoms with Gasteiger partial charge in [-0.25, -0.2) is 13.6 Å². The monoisotopic (exact) mass is 442 g/mol. The van der Waals surface area contributed by atoms with E-state index in [2.05, 4.69) is 43.2 Å². The summed E-state index contributed by atoms with van der Waals surface area (Å²) in [5.41, 5.74) is 5.49. The lowest BCUT2D eigenvalue weighted by Gasteiger charge is -2.15. The van der Waals surface area contributed by atoms with Crippen molar-refractivity contribution < 1.29 is 18.3 Å². The number of alkyl carbamates (subject to hydrolysis) is 1. The number of nitrogens with zero attached hydrogens (tertiary/aromatic N) is 1. The molecule has 0 fully saturated rings. The van der Waals surface area contributed by atoms with E-state index in [0.29, 0.717) is 24.0 Å². The van der Waals surface area contributed by atoms with E-state index in [0.717, 1.165) is 31.9 Å². The first kappa shape index (κ1) is 23.9. The number of ether oxygens (including phenoxy) is 1. The fourth-order valence-electron chi connectivity index (χ4n) is 3.91. The molecule has 1 heterocycles. The molecule has 0 aromatic heterocycles. The number of halogens is 2. The zero-order chi connectivity index (χ0) is 23.3. The van der Waals surface area contributed by atoms with Gasteiger partial charge in [-0.15, -0.1) is 0 Å². The summed E-state index contributed by atoms with van der Waals surface area (Å²) >= 11 is 0. The summed E-state index contributed by atoms with van der Waals surface area (Å²) < 4.78 is 32.1. The second-order valence-corrected chi connectivity index (χ2v) is 8.89. The van der Waals surface area contributed by atoms with Crippen LogP contribution in [0.3, 0.4) is 0 Å². The van der Waals surface area contributed by atoms with E-state index in [-0.39, 0.29) is 12.1 Å². The SMILES string of the molecule is Cc1cc(C(C)C)cc2c1N=CC2CCCCOC(=O)NCc1cccc(C(C)(F)F)c1. The molecule has 1 N–H and O–H groups in total. The maximum atomic E-state index is 13.4. The van der Waals surface area contributed by atoms with Gasteiger partial charge in [0.05, 0.1) is 12.3 Å². The molecule has 0 aliphatic carbocycles. The Morgan fingerprint density at radius 2 is 2.00 bits per heavy atom. The summed E-state index contributed by atoms with van der Waals surface area (Å²) in [6, 6.07) is 10.5. The smallest absolute Gasteiger partial charge is 0.407 e. The van der Waals surface area contributed by atoms with E-state index in [4.69, 9.17) is 4.74 Å². The molecule has 0 spiro atoms. The number of carbonyl (C=O) groups is 1. The molecule has 4 nitrogen and oxygen atoms in total. The highest BCUT2D eigenvalue weighted by atomic mass is 19.3. The molecule has 2 aromatic carbocycles. The van der Waals surface area contributed by atoms with Crippen LogP contribution in [0.1, 0.15) is 79.7 Å². The van der Waals surface area contributed by atoms with Gasteiger partial charge < -0.3 is 10.1 Å². The van der Waals surface area contributed by atoms with Crippen LogP contribution in [-0.4, -0.2) is 18.9 Å². The van der Waals surface area contributed by atoms with Crippen LogP contribution >= 0.6 is 0 Å². The summed E-state index contributed by atoms with van der Waals surface area (Å²) in [5, 5.41) is 2.62. The summed E-state index contributed by atoms with van der Waals surface area (Å²) in [6.45, 7) is 7.83. The van der Waals surface area contributed by atoms with Crippen LogP contribution in [0.4, 0.5) is 19.3 Å². The summed E-state index contributed by atoms with van der Waals surface area (Å²) in [5.74, 6) is -2.12. The van der Waals surface area contributed by atoms with Crippen LogP contribution in [0, 0.1) is 6.92 Å². The summed E-state index contributed by atoms with van der Waals surface area (Å²) in [7, 11) is 0. The van der Waals surface area contributed by atoms with E-state index in [1.165, 1.54) is 28.8 Å². The third kappa shape index (κ3) is 6.15. The number of unbranched alkanes of at least 4 members (excludes halogenated alkanes) is 1. The number of nitrogens with one attached hydrogen (secondary N) is 1. The van der Waals surface area contributed by atoms with Crippen LogP contribution in [0.5, 0.6) is 0 Å². The first-order valence-corrected chi connectivity index (χ1v) is 11.2. The van der Waals surface area contributed by atoms with E-state index in [9.17, 15) is 13.6 Å². The van der Waals surface area contributed by atoms with Crippen LogP contribution in [0.2, 0.25) is 0 Å². The second-order valence-electron chi connectivity index (χ2n) is 8.89. The quantitative estimate of drug-likeness (QED) is 0.420. The molecule has 1 atom stereocenters. The maximum Gasteiger partial charge on any atom is 0.407 e. The zero-order valence-electron chi connectivity index (χ0n) is 19.3. The van der Waals surface area contributed by atoms with Crippen LogP contribution in [-0.2, 0) is 17.2 Å². The van der Waals surface area contributed by atoms with Gasteiger partial charge in [0.2, 0.25) is 0 Å². The van der Waals surface area contributed by atoms with E-state index >= 15 is 0 Å². The largest absolute Gasteiger partial charge is 0.450 e. The third-order valence-electron chi connectivity index (χ3n) is 5.82. The number of aryl methyl sites for hydroxylation is 1. The van der Waals surface area contributed by atoms with Gasteiger partial charge in [-0.2, -0.15) is 0 Å². The van der Waals surface area contributed by atoms with Gasteiger partial charge in [-0.3, -0.25) is 4.99 Å². The Morgan fingerprint density at radius 1 is 1.22 bits per heavy atom. The number of hydrogen-bond acceptors (Lipinski definition) is 3. The average molecular weight is 443 g/mol. The van der Waals surface area contributed by atoms with Gasteiger partial charge in [0, 0.05) is 31.2 Å².